The van der Waals surface area contributed by atoms with Crippen LogP contribution in [0.5, 0.6) is 0 Å². The van der Waals surface area contributed by atoms with Gasteiger partial charge in [0, 0.05) is 13.1 Å². The van der Waals surface area contributed by atoms with E-state index in [2.05, 4.69) is 15.5 Å². The Labute approximate surface area is 211 Å². The molecule has 34 heavy (non-hydrogen) atoms. The van der Waals surface area contributed by atoms with Crippen LogP contribution in [-0.2, 0) is 19.1 Å². The summed E-state index contributed by atoms with van der Waals surface area (Å²) in [7, 11) is 0. The first-order valence-electron chi connectivity index (χ1n) is 12.4. The summed E-state index contributed by atoms with van der Waals surface area (Å²) in [5, 5.41) is 26.4. The number of aliphatic hydroxyl groups is 2. The van der Waals surface area contributed by atoms with Crippen molar-refractivity contribution in [1.82, 2.24) is 15.5 Å². The molecule has 3 rings (SSSR count). The van der Waals surface area contributed by atoms with Gasteiger partial charge in [0.25, 0.3) is 0 Å². The maximum absolute atomic E-state index is 13.1. The highest BCUT2D eigenvalue weighted by Gasteiger charge is 2.48. The molecule has 0 aromatic heterocycles. The van der Waals surface area contributed by atoms with Crippen molar-refractivity contribution in [3.05, 3.63) is 0 Å². The SMILES string of the molecule is CSC1OC(C(NC(=O)C2CC[C@H](CCCN3CCOCC3)CCN2)C(C)Cl)C(O)C(O)C1=O. The number of morpholine rings is 1. The Hall–Kier alpha value is -0.460. The molecule has 3 heterocycles. The number of carbonyl (C=O) groups excluding carboxylic acids is 2. The van der Waals surface area contributed by atoms with Crippen LogP contribution in [0.2, 0.25) is 0 Å². The Balaban J connectivity index is 1.50. The zero-order valence-electron chi connectivity index (χ0n) is 20.2. The molecule has 0 bridgehead atoms. The molecule has 3 fully saturated rings. The number of hydrogen-bond donors (Lipinski definition) is 4. The average Bonchev–Trinajstić information content (AvgIpc) is 3.08. The van der Waals surface area contributed by atoms with E-state index in [-0.39, 0.29) is 11.9 Å². The smallest absolute Gasteiger partial charge is 0.237 e. The number of nitrogens with one attached hydrogen (secondary N) is 2. The second-order valence-electron chi connectivity index (χ2n) is 9.55. The van der Waals surface area contributed by atoms with Gasteiger partial charge < -0.3 is 30.3 Å². The van der Waals surface area contributed by atoms with Crippen LogP contribution in [0.1, 0.15) is 39.0 Å². The van der Waals surface area contributed by atoms with Crippen LogP contribution < -0.4 is 10.6 Å². The molecule has 0 spiro atoms. The zero-order chi connectivity index (χ0) is 24.7. The van der Waals surface area contributed by atoms with E-state index in [1.807, 2.05) is 0 Å². The summed E-state index contributed by atoms with van der Waals surface area (Å²) >= 11 is 7.50. The second kappa shape index (κ2) is 13.7. The number of alkyl halides is 1. The zero-order valence-corrected chi connectivity index (χ0v) is 21.7. The van der Waals surface area contributed by atoms with Crippen LogP contribution >= 0.6 is 23.4 Å². The van der Waals surface area contributed by atoms with Crippen molar-refractivity contribution in [1.29, 1.82) is 0 Å². The summed E-state index contributed by atoms with van der Waals surface area (Å²) < 4.78 is 11.2. The lowest BCUT2D eigenvalue weighted by Gasteiger charge is -2.40. The summed E-state index contributed by atoms with van der Waals surface area (Å²) in [4.78, 5) is 27.7. The molecule has 1 amide bonds. The standard InChI is InChI=1S/C23H40ClN3O6S/c1-14(24)17(21-19(29)18(28)20(30)23(33-21)34-2)26-22(31)16-6-5-15(7-8-25-16)4-3-9-27-10-12-32-13-11-27/h14-19,21,23,25,28-29H,3-13H2,1-2H3,(H,26,31)/t14?,15-,16?,17?,18?,19?,21?,23?/m0/s1. The lowest BCUT2D eigenvalue weighted by Crippen LogP contribution is -2.64. The van der Waals surface area contributed by atoms with E-state index in [9.17, 15) is 19.8 Å². The van der Waals surface area contributed by atoms with Crippen LogP contribution in [0, 0.1) is 5.92 Å². The van der Waals surface area contributed by atoms with Crippen LogP contribution in [0.4, 0.5) is 0 Å². The van der Waals surface area contributed by atoms with Gasteiger partial charge in [-0.3, -0.25) is 14.5 Å². The highest BCUT2D eigenvalue weighted by molar-refractivity contribution is 7.99. The molecular weight excluding hydrogens is 482 g/mol. The monoisotopic (exact) mass is 521 g/mol. The topological polar surface area (TPSA) is 120 Å². The van der Waals surface area contributed by atoms with Crippen molar-refractivity contribution in [2.75, 3.05) is 45.6 Å². The molecule has 9 nitrogen and oxygen atoms in total. The Morgan fingerprint density at radius 3 is 2.71 bits per heavy atom. The minimum atomic E-state index is -1.57. The van der Waals surface area contributed by atoms with Crippen molar-refractivity contribution < 1.29 is 29.3 Å². The van der Waals surface area contributed by atoms with Crippen molar-refractivity contribution in [3.63, 3.8) is 0 Å². The molecule has 3 aliphatic heterocycles. The third kappa shape index (κ3) is 7.52. The molecule has 3 saturated heterocycles. The second-order valence-corrected chi connectivity index (χ2v) is 11.1. The van der Waals surface area contributed by atoms with E-state index >= 15 is 0 Å². The summed E-state index contributed by atoms with van der Waals surface area (Å²) in [5.74, 6) is -0.191. The van der Waals surface area contributed by atoms with Crippen LogP contribution in [0.15, 0.2) is 0 Å². The summed E-state index contributed by atoms with van der Waals surface area (Å²) in [6, 6.07) is -1.11. The predicted octanol–water partition coefficient (Wildman–Crippen LogP) is 0.348. The number of rotatable bonds is 9. The van der Waals surface area contributed by atoms with Gasteiger partial charge in [-0.05, 0) is 64.3 Å². The van der Waals surface area contributed by atoms with Gasteiger partial charge in [0.1, 0.15) is 18.3 Å². The first-order chi connectivity index (χ1) is 16.3. The molecule has 0 saturated carbocycles. The van der Waals surface area contributed by atoms with E-state index in [1.54, 1.807) is 13.2 Å². The molecule has 11 heteroatoms. The maximum atomic E-state index is 13.1. The van der Waals surface area contributed by atoms with Gasteiger partial charge in [0.15, 0.2) is 5.44 Å². The number of amides is 1. The minimum absolute atomic E-state index is 0.200. The van der Waals surface area contributed by atoms with Crippen molar-refractivity contribution in [3.8, 4) is 0 Å². The van der Waals surface area contributed by atoms with Crippen molar-refractivity contribution in [2.45, 2.75) is 80.2 Å². The number of aliphatic hydroxyl groups excluding tert-OH is 2. The molecule has 0 aromatic carbocycles. The van der Waals surface area contributed by atoms with Crippen LogP contribution in [0.3, 0.4) is 0 Å². The maximum Gasteiger partial charge on any atom is 0.237 e. The highest BCUT2D eigenvalue weighted by Crippen LogP contribution is 2.28. The molecule has 196 valence electrons. The molecule has 0 aromatic rings. The van der Waals surface area contributed by atoms with Crippen LogP contribution in [-0.4, -0.2) is 114 Å². The van der Waals surface area contributed by atoms with Crippen molar-refractivity contribution in [2.24, 2.45) is 5.92 Å². The minimum Gasteiger partial charge on any atom is -0.387 e. The van der Waals surface area contributed by atoms with Crippen LogP contribution in [0.25, 0.3) is 0 Å². The van der Waals surface area contributed by atoms with Gasteiger partial charge in [-0.15, -0.1) is 23.4 Å². The molecule has 0 aliphatic carbocycles. The number of Topliss-reactive ketones (excluding diaryl/α,β-unsaturated/α-hetero) is 1. The lowest BCUT2D eigenvalue weighted by atomic mass is 9.92. The van der Waals surface area contributed by atoms with Crippen molar-refractivity contribution >= 4 is 35.1 Å². The van der Waals surface area contributed by atoms with Gasteiger partial charge in [0.05, 0.1) is 30.7 Å². The Morgan fingerprint density at radius 2 is 2.03 bits per heavy atom. The van der Waals surface area contributed by atoms with E-state index in [0.29, 0.717) is 5.92 Å². The third-order valence-corrected chi connectivity index (χ3v) is 8.19. The number of nitrogens with zero attached hydrogens (tertiary/aromatic N) is 1. The first-order valence-corrected chi connectivity index (χ1v) is 14.1. The summed E-state index contributed by atoms with van der Waals surface area (Å²) in [6.07, 6.45) is 2.71. The fourth-order valence-electron chi connectivity index (χ4n) is 5.02. The molecule has 7 unspecified atom stereocenters. The lowest BCUT2D eigenvalue weighted by molar-refractivity contribution is -0.175. The molecule has 3 aliphatic rings. The first kappa shape index (κ1) is 28.1. The Kier molecular flexibility index (Phi) is 11.4. The summed E-state index contributed by atoms with van der Waals surface area (Å²) in [6.45, 7) is 7.23. The third-order valence-electron chi connectivity index (χ3n) is 7.15. The number of ketones is 1. The molecule has 0 radical (unpaired) electrons. The van der Waals surface area contributed by atoms with Gasteiger partial charge >= 0.3 is 0 Å². The Bertz CT molecular complexity index is 665. The van der Waals surface area contributed by atoms with Gasteiger partial charge in [-0.2, -0.15) is 0 Å². The van der Waals surface area contributed by atoms with Gasteiger partial charge in [-0.1, -0.05) is 0 Å². The van der Waals surface area contributed by atoms with E-state index in [0.717, 1.165) is 83.3 Å². The average molecular weight is 522 g/mol. The fraction of sp³-hybridized carbons (Fsp3) is 0.913. The number of halogens is 1. The molecule has 4 N–H and O–H groups in total. The molecule has 8 atom stereocenters. The highest BCUT2D eigenvalue weighted by atomic mass is 35.5. The Morgan fingerprint density at radius 1 is 1.29 bits per heavy atom. The van der Waals surface area contributed by atoms with E-state index in [4.69, 9.17) is 21.1 Å². The normalized spacial score (nSPS) is 35.4. The van der Waals surface area contributed by atoms with E-state index < -0.39 is 41.0 Å². The predicted molar refractivity (Wildman–Crippen MR) is 132 cm³/mol. The largest absolute Gasteiger partial charge is 0.387 e. The number of thioether (sulfide) groups is 1. The summed E-state index contributed by atoms with van der Waals surface area (Å²) in [5.41, 5.74) is -0.910. The molecular formula is C23H40ClN3O6S. The quantitative estimate of drug-likeness (QED) is 0.318. The number of ether oxygens (including phenoxy) is 2. The number of hydrogen-bond acceptors (Lipinski definition) is 9. The number of carbonyl (C=O) groups is 2. The van der Waals surface area contributed by atoms with E-state index in [1.165, 1.54) is 0 Å². The fourth-order valence-corrected chi connectivity index (χ4v) is 5.84. The van der Waals surface area contributed by atoms with Gasteiger partial charge in [0.2, 0.25) is 11.7 Å². The van der Waals surface area contributed by atoms with Gasteiger partial charge in [-0.25, -0.2) is 0 Å².